The van der Waals surface area contributed by atoms with Gasteiger partial charge in [-0.15, -0.1) is 0 Å². The van der Waals surface area contributed by atoms with Gasteiger partial charge in [0.1, 0.15) is 5.76 Å². The van der Waals surface area contributed by atoms with Gasteiger partial charge in [-0.3, -0.25) is 4.79 Å². The van der Waals surface area contributed by atoms with Crippen LogP contribution >= 0.6 is 0 Å². The minimum Gasteiger partial charge on any atom is -0.361 e. The number of aromatic nitrogens is 3. The normalized spacial score (nSPS) is 13.0. The quantitative estimate of drug-likeness (QED) is 0.932. The zero-order valence-electron chi connectivity index (χ0n) is 12.7. The van der Waals surface area contributed by atoms with Gasteiger partial charge in [-0.25, -0.2) is 9.97 Å². The smallest absolute Gasteiger partial charge is 0.361 e. The summed E-state index contributed by atoms with van der Waals surface area (Å²) in [5.74, 6) is -1.16. The monoisotopic (exact) mass is 328 g/mol. The highest BCUT2D eigenvalue weighted by atomic mass is 19.4. The molecule has 2 aromatic rings. The molecule has 1 N–H and O–H groups in total. The average Bonchev–Trinajstić information content (AvgIpc) is 2.78. The summed E-state index contributed by atoms with van der Waals surface area (Å²) in [5, 5.41) is 6.50. The molecule has 0 aliphatic carbocycles. The van der Waals surface area contributed by atoms with E-state index in [1.165, 1.54) is 0 Å². The van der Waals surface area contributed by atoms with Crippen LogP contribution in [0.3, 0.4) is 0 Å². The van der Waals surface area contributed by atoms with E-state index in [2.05, 4.69) is 20.4 Å². The molecule has 2 rings (SSSR count). The van der Waals surface area contributed by atoms with Gasteiger partial charge in [-0.1, -0.05) is 5.16 Å². The fourth-order valence-electron chi connectivity index (χ4n) is 2.05. The summed E-state index contributed by atoms with van der Waals surface area (Å²) < 4.78 is 42.2. The molecule has 0 aromatic carbocycles. The Kier molecular flexibility index (Phi) is 4.67. The number of hydrogen-bond donors (Lipinski definition) is 1. The minimum atomic E-state index is -4.63. The molecule has 0 bridgehead atoms. The fourth-order valence-corrected chi connectivity index (χ4v) is 2.05. The molecule has 1 atom stereocenters. The molecule has 0 saturated heterocycles. The zero-order valence-corrected chi connectivity index (χ0v) is 12.7. The lowest BCUT2D eigenvalue weighted by Crippen LogP contribution is -2.34. The van der Waals surface area contributed by atoms with Gasteiger partial charge in [0.25, 0.3) is 5.91 Å². The van der Waals surface area contributed by atoms with E-state index in [1.807, 2.05) is 0 Å². The van der Waals surface area contributed by atoms with Gasteiger partial charge < -0.3 is 9.84 Å². The summed E-state index contributed by atoms with van der Waals surface area (Å²) in [6.07, 6.45) is -2.43. The molecule has 0 fully saturated rings. The minimum absolute atomic E-state index is 0.0383. The van der Waals surface area contributed by atoms with E-state index < -0.39 is 17.9 Å². The first-order valence-electron chi connectivity index (χ1n) is 6.80. The number of aryl methyl sites for hydroxylation is 2. The van der Waals surface area contributed by atoms with Crippen molar-refractivity contribution in [2.75, 3.05) is 0 Å². The van der Waals surface area contributed by atoms with Crippen molar-refractivity contribution in [3.05, 3.63) is 40.8 Å². The van der Waals surface area contributed by atoms with Gasteiger partial charge in [0.2, 0.25) is 5.82 Å². The van der Waals surface area contributed by atoms with E-state index in [0.29, 0.717) is 12.2 Å². The SMILES string of the molecule is Cc1noc(C)c1CC(C)NC(=O)c1cnc(C(F)(F)F)nc1. The van der Waals surface area contributed by atoms with Crippen molar-refractivity contribution in [1.82, 2.24) is 20.4 Å². The number of amides is 1. The second kappa shape index (κ2) is 6.35. The number of nitrogens with one attached hydrogen (secondary N) is 1. The van der Waals surface area contributed by atoms with E-state index in [4.69, 9.17) is 4.52 Å². The highest BCUT2D eigenvalue weighted by molar-refractivity contribution is 5.93. The van der Waals surface area contributed by atoms with Crippen molar-refractivity contribution in [3.63, 3.8) is 0 Å². The van der Waals surface area contributed by atoms with Crippen molar-refractivity contribution in [2.45, 2.75) is 39.4 Å². The third-order valence-corrected chi connectivity index (χ3v) is 3.24. The van der Waals surface area contributed by atoms with Crippen LogP contribution in [-0.2, 0) is 12.6 Å². The van der Waals surface area contributed by atoms with Crippen molar-refractivity contribution in [2.24, 2.45) is 0 Å². The lowest BCUT2D eigenvalue weighted by molar-refractivity contribution is -0.145. The number of carbonyl (C=O) groups is 1. The Bertz CT molecular complexity index is 676. The van der Waals surface area contributed by atoms with Crippen LogP contribution in [0.25, 0.3) is 0 Å². The van der Waals surface area contributed by atoms with Gasteiger partial charge in [-0.05, 0) is 27.2 Å². The number of alkyl halides is 3. The van der Waals surface area contributed by atoms with Crippen LogP contribution in [0, 0.1) is 13.8 Å². The van der Waals surface area contributed by atoms with E-state index in [-0.39, 0.29) is 11.6 Å². The van der Waals surface area contributed by atoms with Crippen molar-refractivity contribution >= 4 is 5.91 Å². The van der Waals surface area contributed by atoms with Crippen molar-refractivity contribution < 1.29 is 22.5 Å². The molecule has 0 spiro atoms. The first-order chi connectivity index (χ1) is 10.7. The van der Waals surface area contributed by atoms with Crippen LogP contribution < -0.4 is 5.32 Å². The Labute approximate surface area is 130 Å². The molecular weight excluding hydrogens is 313 g/mol. The standard InChI is InChI=1S/C14H15F3N4O2/c1-7(4-11-8(2)21-23-9(11)3)20-12(22)10-5-18-13(19-6-10)14(15,16)17/h5-7H,4H2,1-3H3,(H,20,22). The molecule has 1 unspecified atom stereocenters. The predicted octanol–water partition coefficient (Wildman–Crippen LogP) is 2.46. The molecule has 2 heterocycles. The van der Waals surface area contributed by atoms with Crippen LogP contribution in [0.2, 0.25) is 0 Å². The largest absolute Gasteiger partial charge is 0.451 e. The lowest BCUT2D eigenvalue weighted by atomic mass is 10.1. The van der Waals surface area contributed by atoms with E-state index in [1.54, 1.807) is 20.8 Å². The third-order valence-electron chi connectivity index (χ3n) is 3.24. The molecule has 0 aliphatic rings. The second-order valence-electron chi connectivity index (χ2n) is 5.17. The van der Waals surface area contributed by atoms with E-state index >= 15 is 0 Å². The van der Waals surface area contributed by atoms with Crippen LogP contribution in [0.1, 0.15) is 40.1 Å². The Balaban J connectivity index is 2.01. The van der Waals surface area contributed by atoms with E-state index in [0.717, 1.165) is 23.7 Å². The zero-order chi connectivity index (χ0) is 17.2. The van der Waals surface area contributed by atoms with Crippen LogP contribution in [0.4, 0.5) is 13.2 Å². The molecule has 124 valence electrons. The Morgan fingerprint density at radius 1 is 1.30 bits per heavy atom. The summed E-state index contributed by atoms with van der Waals surface area (Å²) in [5.41, 5.74) is 1.59. The number of hydrogen-bond acceptors (Lipinski definition) is 5. The summed E-state index contributed by atoms with van der Waals surface area (Å²) in [6, 6.07) is -0.262. The Morgan fingerprint density at radius 2 is 1.91 bits per heavy atom. The summed E-state index contributed by atoms with van der Waals surface area (Å²) in [7, 11) is 0. The Morgan fingerprint density at radius 3 is 2.39 bits per heavy atom. The van der Waals surface area contributed by atoms with Gasteiger partial charge in [0, 0.05) is 24.0 Å². The molecule has 0 radical (unpaired) electrons. The maximum absolute atomic E-state index is 12.4. The summed E-state index contributed by atoms with van der Waals surface area (Å²) >= 11 is 0. The van der Waals surface area contributed by atoms with Crippen LogP contribution in [0.5, 0.6) is 0 Å². The number of halogens is 3. The topological polar surface area (TPSA) is 80.9 Å². The first-order valence-corrected chi connectivity index (χ1v) is 6.80. The molecule has 1 amide bonds. The average molecular weight is 328 g/mol. The van der Waals surface area contributed by atoms with Gasteiger partial charge >= 0.3 is 6.18 Å². The molecule has 0 saturated carbocycles. The van der Waals surface area contributed by atoms with Crippen molar-refractivity contribution in [1.29, 1.82) is 0 Å². The fraction of sp³-hybridized carbons (Fsp3) is 0.429. The highest BCUT2D eigenvalue weighted by Gasteiger charge is 2.34. The van der Waals surface area contributed by atoms with Gasteiger partial charge in [0.15, 0.2) is 0 Å². The molecule has 6 nitrogen and oxygen atoms in total. The van der Waals surface area contributed by atoms with Gasteiger partial charge in [0.05, 0.1) is 11.3 Å². The molecule has 2 aromatic heterocycles. The number of nitrogens with zero attached hydrogens (tertiary/aromatic N) is 3. The number of carbonyl (C=O) groups excluding carboxylic acids is 1. The molecule has 9 heteroatoms. The van der Waals surface area contributed by atoms with Crippen LogP contribution in [-0.4, -0.2) is 27.1 Å². The van der Waals surface area contributed by atoms with Crippen LogP contribution in [0.15, 0.2) is 16.9 Å². The molecule has 0 aliphatic heterocycles. The molecular formula is C14H15F3N4O2. The third kappa shape index (κ3) is 4.05. The maximum atomic E-state index is 12.4. The predicted molar refractivity (Wildman–Crippen MR) is 73.6 cm³/mol. The summed E-state index contributed by atoms with van der Waals surface area (Å²) in [6.45, 7) is 5.34. The second-order valence-corrected chi connectivity index (χ2v) is 5.17. The highest BCUT2D eigenvalue weighted by Crippen LogP contribution is 2.25. The van der Waals surface area contributed by atoms with E-state index in [9.17, 15) is 18.0 Å². The lowest BCUT2D eigenvalue weighted by Gasteiger charge is -2.13. The maximum Gasteiger partial charge on any atom is 0.451 e. The van der Waals surface area contributed by atoms with Gasteiger partial charge in [-0.2, -0.15) is 13.2 Å². The van der Waals surface area contributed by atoms with Crippen molar-refractivity contribution in [3.8, 4) is 0 Å². The Hall–Kier alpha value is -2.45. The first kappa shape index (κ1) is 16.9. The number of rotatable bonds is 4. The molecule has 23 heavy (non-hydrogen) atoms. The summed E-state index contributed by atoms with van der Waals surface area (Å²) in [4.78, 5) is 18.3.